The van der Waals surface area contributed by atoms with Gasteiger partial charge in [0, 0.05) is 12.0 Å². The maximum atomic E-state index is 14.3. The summed E-state index contributed by atoms with van der Waals surface area (Å²) < 4.78 is 24.6. The van der Waals surface area contributed by atoms with Gasteiger partial charge in [-0.15, -0.1) is 0 Å². The lowest BCUT2D eigenvalue weighted by Crippen LogP contribution is -2.32. The van der Waals surface area contributed by atoms with Gasteiger partial charge in [0.05, 0.1) is 0 Å². The fourth-order valence-corrected chi connectivity index (χ4v) is 2.64. The average molecular weight is 400 g/mol. The largest absolute Gasteiger partial charge is 0.454 e. The SMILES string of the molecule is C=C(C)C(=O)Oc1ccc(-c2ccc(C(OC(=O)CC)C(C)(C)O)cc2)cc1F. The molecule has 5 nitrogen and oxygen atoms in total. The summed E-state index contributed by atoms with van der Waals surface area (Å²) in [6, 6.07) is 11.2. The molecule has 0 spiro atoms. The molecule has 6 heteroatoms. The van der Waals surface area contributed by atoms with Gasteiger partial charge in [-0.25, -0.2) is 9.18 Å². The van der Waals surface area contributed by atoms with Crippen LogP contribution in [0.3, 0.4) is 0 Å². The first-order chi connectivity index (χ1) is 13.5. The van der Waals surface area contributed by atoms with Gasteiger partial charge in [0.2, 0.25) is 0 Å². The molecule has 0 radical (unpaired) electrons. The molecule has 2 rings (SSSR count). The molecular formula is C23H25FO5. The Balaban J connectivity index is 2.27. The van der Waals surface area contributed by atoms with Crippen molar-refractivity contribution in [2.24, 2.45) is 0 Å². The molecule has 154 valence electrons. The fourth-order valence-electron chi connectivity index (χ4n) is 2.64. The van der Waals surface area contributed by atoms with Crippen molar-refractivity contribution in [3.05, 3.63) is 66.0 Å². The molecule has 0 heterocycles. The highest BCUT2D eigenvalue weighted by molar-refractivity contribution is 5.88. The maximum absolute atomic E-state index is 14.3. The Bertz CT molecular complexity index is 910. The number of hydrogen-bond acceptors (Lipinski definition) is 5. The van der Waals surface area contributed by atoms with Crippen molar-refractivity contribution < 1.29 is 28.6 Å². The lowest BCUT2D eigenvalue weighted by molar-refractivity contribution is -0.162. The molecule has 0 amide bonds. The second-order valence-corrected chi connectivity index (χ2v) is 7.31. The second-order valence-electron chi connectivity index (χ2n) is 7.31. The lowest BCUT2D eigenvalue weighted by atomic mass is 9.93. The van der Waals surface area contributed by atoms with E-state index in [9.17, 15) is 19.1 Å². The van der Waals surface area contributed by atoms with Crippen LogP contribution in [0.4, 0.5) is 4.39 Å². The average Bonchev–Trinajstić information content (AvgIpc) is 2.66. The van der Waals surface area contributed by atoms with Gasteiger partial charge >= 0.3 is 11.9 Å². The van der Waals surface area contributed by atoms with Crippen molar-refractivity contribution in [3.8, 4) is 16.9 Å². The van der Waals surface area contributed by atoms with Crippen LogP contribution in [0.1, 0.15) is 45.8 Å². The van der Waals surface area contributed by atoms with E-state index in [-0.39, 0.29) is 17.7 Å². The summed E-state index contributed by atoms with van der Waals surface area (Å²) in [5, 5.41) is 10.4. The van der Waals surface area contributed by atoms with Crippen LogP contribution in [0.5, 0.6) is 5.75 Å². The molecule has 2 aromatic carbocycles. The first kappa shape index (κ1) is 22.3. The Hall–Kier alpha value is -2.99. The molecule has 29 heavy (non-hydrogen) atoms. The van der Waals surface area contributed by atoms with Gasteiger partial charge in [-0.05, 0) is 49.6 Å². The van der Waals surface area contributed by atoms with Gasteiger partial charge in [0.15, 0.2) is 17.7 Å². The van der Waals surface area contributed by atoms with Gasteiger partial charge in [-0.2, -0.15) is 0 Å². The molecule has 0 saturated heterocycles. The van der Waals surface area contributed by atoms with Crippen LogP contribution in [-0.4, -0.2) is 22.6 Å². The zero-order valence-corrected chi connectivity index (χ0v) is 17.0. The highest BCUT2D eigenvalue weighted by Crippen LogP contribution is 2.32. The molecule has 2 aromatic rings. The van der Waals surface area contributed by atoms with Crippen molar-refractivity contribution in [3.63, 3.8) is 0 Å². The summed E-state index contributed by atoms with van der Waals surface area (Å²) in [4.78, 5) is 23.3. The van der Waals surface area contributed by atoms with Crippen LogP contribution in [-0.2, 0) is 14.3 Å². The summed E-state index contributed by atoms with van der Waals surface area (Å²) >= 11 is 0. The number of carbonyl (C=O) groups is 2. The number of aliphatic hydroxyl groups is 1. The molecule has 0 aromatic heterocycles. The minimum Gasteiger partial charge on any atom is -0.454 e. The fraction of sp³-hybridized carbons (Fsp3) is 0.304. The molecule has 1 unspecified atom stereocenters. The first-order valence-corrected chi connectivity index (χ1v) is 9.22. The predicted octanol–water partition coefficient (Wildman–Crippen LogP) is 4.74. The first-order valence-electron chi connectivity index (χ1n) is 9.22. The van der Waals surface area contributed by atoms with Gasteiger partial charge in [-0.1, -0.05) is 43.8 Å². The Morgan fingerprint density at radius 2 is 1.72 bits per heavy atom. The number of hydrogen-bond donors (Lipinski definition) is 1. The molecule has 0 aliphatic rings. The van der Waals surface area contributed by atoms with Crippen molar-refractivity contribution >= 4 is 11.9 Å². The molecular weight excluding hydrogens is 375 g/mol. The van der Waals surface area contributed by atoms with Crippen molar-refractivity contribution in [1.29, 1.82) is 0 Å². The number of halogens is 1. The second kappa shape index (κ2) is 9.01. The van der Waals surface area contributed by atoms with Crippen LogP contribution >= 0.6 is 0 Å². The Morgan fingerprint density at radius 3 is 2.21 bits per heavy atom. The molecule has 1 atom stereocenters. The summed E-state index contributed by atoms with van der Waals surface area (Å²) in [7, 11) is 0. The van der Waals surface area contributed by atoms with Gasteiger partial charge in [0.1, 0.15) is 5.60 Å². The topological polar surface area (TPSA) is 72.8 Å². The predicted molar refractivity (Wildman–Crippen MR) is 108 cm³/mol. The van der Waals surface area contributed by atoms with Crippen LogP contribution < -0.4 is 4.74 Å². The monoisotopic (exact) mass is 400 g/mol. The Labute approximate surface area is 169 Å². The van der Waals surface area contributed by atoms with E-state index in [4.69, 9.17) is 9.47 Å². The van der Waals surface area contributed by atoms with Gasteiger partial charge in [0.25, 0.3) is 0 Å². The molecule has 0 bridgehead atoms. The van der Waals surface area contributed by atoms with E-state index in [0.717, 1.165) is 0 Å². The lowest BCUT2D eigenvalue weighted by Gasteiger charge is -2.29. The summed E-state index contributed by atoms with van der Waals surface area (Å²) in [6.45, 7) is 9.75. The standard InChI is InChI=1S/C23H25FO5/c1-6-20(25)29-21(23(4,5)27)16-9-7-15(8-10-16)17-11-12-19(18(24)13-17)28-22(26)14(2)3/h7-13,21,27H,2,6H2,1,3-5H3. The van der Waals surface area contributed by atoms with E-state index >= 15 is 0 Å². The minimum absolute atomic E-state index is 0.174. The number of benzene rings is 2. The summed E-state index contributed by atoms with van der Waals surface area (Å²) in [6.07, 6.45) is -0.628. The van der Waals surface area contributed by atoms with Gasteiger partial charge < -0.3 is 14.6 Å². The zero-order valence-electron chi connectivity index (χ0n) is 17.0. The minimum atomic E-state index is -1.27. The third kappa shape index (κ3) is 5.74. The number of esters is 2. The quantitative estimate of drug-likeness (QED) is 0.413. The van der Waals surface area contributed by atoms with Crippen LogP contribution in [0.15, 0.2) is 54.6 Å². The smallest absolute Gasteiger partial charge is 0.338 e. The highest BCUT2D eigenvalue weighted by atomic mass is 19.1. The molecule has 0 saturated carbocycles. The third-order valence-electron chi connectivity index (χ3n) is 4.21. The Morgan fingerprint density at radius 1 is 1.14 bits per heavy atom. The molecule has 1 N–H and O–H groups in total. The zero-order chi connectivity index (χ0) is 21.8. The maximum Gasteiger partial charge on any atom is 0.338 e. The summed E-state index contributed by atoms with van der Waals surface area (Å²) in [5.74, 6) is -1.96. The van der Waals surface area contributed by atoms with E-state index in [1.54, 1.807) is 51.1 Å². The molecule has 0 aliphatic carbocycles. The van der Waals surface area contributed by atoms with Crippen molar-refractivity contribution in [2.45, 2.75) is 45.8 Å². The van der Waals surface area contributed by atoms with Crippen LogP contribution in [0, 0.1) is 5.82 Å². The third-order valence-corrected chi connectivity index (χ3v) is 4.21. The van der Waals surface area contributed by atoms with E-state index in [1.807, 2.05) is 0 Å². The number of carbonyl (C=O) groups excluding carboxylic acids is 2. The normalized spacial score (nSPS) is 12.2. The highest BCUT2D eigenvalue weighted by Gasteiger charge is 2.31. The van der Waals surface area contributed by atoms with E-state index in [1.165, 1.54) is 19.1 Å². The number of ether oxygens (including phenoxy) is 2. The Kier molecular flexibility index (Phi) is 6.93. The summed E-state index contributed by atoms with van der Waals surface area (Å²) in [5.41, 5.74) is 0.814. The van der Waals surface area contributed by atoms with E-state index in [0.29, 0.717) is 16.7 Å². The van der Waals surface area contributed by atoms with E-state index in [2.05, 4.69) is 6.58 Å². The number of rotatable bonds is 7. The van der Waals surface area contributed by atoms with Crippen LogP contribution in [0.2, 0.25) is 0 Å². The van der Waals surface area contributed by atoms with E-state index < -0.39 is 29.5 Å². The molecule has 0 fully saturated rings. The molecule has 0 aliphatic heterocycles. The van der Waals surface area contributed by atoms with Crippen molar-refractivity contribution in [1.82, 2.24) is 0 Å². The van der Waals surface area contributed by atoms with Crippen LogP contribution in [0.25, 0.3) is 11.1 Å². The van der Waals surface area contributed by atoms with Gasteiger partial charge in [-0.3, -0.25) is 4.79 Å². The van der Waals surface area contributed by atoms with Crippen molar-refractivity contribution in [2.75, 3.05) is 0 Å².